The zero-order valence-electron chi connectivity index (χ0n) is 16.7. The average Bonchev–Trinajstić information content (AvgIpc) is 3.45. The van der Waals surface area contributed by atoms with Crippen molar-refractivity contribution in [2.24, 2.45) is 0 Å². The molecular formula is C21H25N7O. The van der Waals surface area contributed by atoms with Crippen LogP contribution in [-0.2, 0) is 0 Å². The lowest BCUT2D eigenvalue weighted by Gasteiger charge is -2.31. The van der Waals surface area contributed by atoms with E-state index >= 15 is 0 Å². The zero-order chi connectivity index (χ0) is 20.0. The van der Waals surface area contributed by atoms with Crippen LogP contribution in [0.25, 0.3) is 28.0 Å². The smallest absolute Gasteiger partial charge is 0.0999 e. The molecule has 1 aliphatic carbocycles. The number of hydrogen-bond acceptors (Lipinski definition) is 5. The molecular weight excluding hydrogens is 366 g/mol. The Balaban J connectivity index is 1.54. The molecule has 4 aromatic heterocycles. The van der Waals surface area contributed by atoms with Gasteiger partial charge in [0.2, 0.25) is 0 Å². The van der Waals surface area contributed by atoms with Gasteiger partial charge < -0.3 is 5.11 Å². The van der Waals surface area contributed by atoms with E-state index in [1.807, 2.05) is 44.7 Å². The fourth-order valence-corrected chi connectivity index (χ4v) is 4.05. The lowest BCUT2D eigenvalue weighted by molar-refractivity contribution is 0.0434. The van der Waals surface area contributed by atoms with Crippen LogP contribution in [0.5, 0.6) is 0 Å². The molecule has 8 nitrogen and oxygen atoms in total. The van der Waals surface area contributed by atoms with Crippen molar-refractivity contribution >= 4 is 5.52 Å². The number of fused-ring (bicyclic) bond motifs is 1. The van der Waals surface area contributed by atoms with Crippen molar-refractivity contribution in [3.8, 4) is 22.5 Å². The summed E-state index contributed by atoms with van der Waals surface area (Å²) in [7, 11) is 0. The fraction of sp³-hybridized carbons (Fsp3) is 0.429. The highest BCUT2D eigenvalue weighted by atomic mass is 16.3. The molecule has 5 rings (SSSR count). The standard InChI is InChI=1S/C21H25N7O/c1-3-16(4-2)26-12-15(10-24-26)21-20-5-6-22-28(20)13-19(25-21)14-9-23-27(11-14)17-7-18(29)8-17/h5-6,9-13,16-18,29H,3-4,7-8H2,1-2H3/t17-,18+. The van der Waals surface area contributed by atoms with Crippen LogP contribution < -0.4 is 0 Å². The van der Waals surface area contributed by atoms with Gasteiger partial charge in [-0.3, -0.25) is 9.36 Å². The summed E-state index contributed by atoms with van der Waals surface area (Å²) in [5, 5.41) is 23.1. The Morgan fingerprint density at radius 2 is 1.83 bits per heavy atom. The molecule has 1 fully saturated rings. The third kappa shape index (κ3) is 3.13. The highest BCUT2D eigenvalue weighted by molar-refractivity contribution is 5.78. The number of aliphatic hydroxyl groups excluding tert-OH is 1. The second-order valence-corrected chi connectivity index (χ2v) is 7.80. The van der Waals surface area contributed by atoms with Crippen molar-refractivity contribution in [3.63, 3.8) is 0 Å². The van der Waals surface area contributed by atoms with Crippen LogP contribution in [0.4, 0.5) is 0 Å². The second-order valence-electron chi connectivity index (χ2n) is 7.80. The van der Waals surface area contributed by atoms with Gasteiger partial charge in [0.15, 0.2) is 0 Å². The summed E-state index contributed by atoms with van der Waals surface area (Å²) in [5.41, 5.74) is 4.56. The van der Waals surface area contributed by atoms with Crippen molar-refractivity contribution in [1.29, 1.82) is 0 Å². The molecule has 4 heterocycles. The Hall–Kier alpha value is -3.00. The van der Waals surface area contributed by atoms with Crippen LogP contribution in [0.3, 0.4) is 0 Å². The molecule has 1 aliphatic rings. The molecule has 0 aromatic carbocycles. The molecule has 1 saturated carbocycles. The fourth-order valence-electron chi connectivity index (χ4n) is 4.05. The minimum Gasteiger partial charge on any atom is -0.393 e. The first-order valence-corrected chi connectivity index (χ1v) is 10.3. The molecule has 0 saturated heterocycles. The molecule has 0 atom stereocenters. The summed E-state index contributed by atoms with van der Waals surface area (Å²) in [4.78, 5) is 4.95. The number of nitrogens with zero attached hydrogens (tertiary/aromatic N) is 7. The van der Waals surface area contributed by atoms with E-state index in [0.717, 1.165) is 53.7 Å². The van der Waals surface area contributed by atoms with E-state index in [1.54, 1.807) is 6.20 Å². The van der Waals surface area contributed by atoms with Crippen molar-refractivity contribution in [2.45, 2.75) is 57.7 Å². The molecule has 0 amide bonds. The van der Waals surface area contributed by atoms with Crippen LogP contribution in [0.1, 0.15) is 51.6 Å². The first-order chi connectivity index (χ1) is 14.2. The van der Waals surface area contributed by atoms with Gasteiger partial charge in [0.25, 0.3) is 0 Å². The van der Waals surface area contributed by atoms with Gasteiger partial charge in [0.1, 0.15) is 0 Å². The molecule has 0 aliphatic heterocycles. The molecule has 0 bridgehead atoms. The van der Waals surface area contributed by atoms with Gasteiger partial charge in [-0.1, -0.05) is 13.8 Å². The minimum absolute atomic E-state index is 0.204. The first-order valence-electron chi connectivity index (χ1n) is 10.3. The van der Waals surface area contributed by atoms with Gasteiger partial charge >= 0.3 is 0 Å². The quantitative estimate of drug-likeness (QED) is 0.543. The third-order valence-electron chi connectivity index (χ3n) is 5.94. The molecule has 29 heavy (non-hydrogen) atoms. The molecule has 8 heteroatoms. The lowest BCUT2D eigenvalue weighted by Crippen LogP contribution is -2.30. The number of aliphatic hydroxyl groups is 1. The molecule has 150 valence electrons. The van der Waals surface area contributed by atoms with E-state index in [9.17, 15) is 5.11 Å². The van der Waals surface area contributed by atoms with E-state index < -0.39 is 0 Å². The van der Waals surface area contributed by atoms with Crippen molar-refractivity contribution in [3.05, 3.63) is 43.2 Å². The lowest BCUT2D eigenvalue weighted by atomic mass is 9.90. The molecule has 4 aromatic rings. The van der Waals surface area contributed by atoms with E-state index in [1.165, 1.54) is 0 Å². The van der Waals surface area contributed by atoms with E-state index in [2.05, 4.69) is 35.3 Å². The first kappa shape index (κ1) is 18.1. The van der Waals surface area contributed by atoms with Gasteiger partial charge in [-0.05, 0) is 31.7 Å². The van der Waals surface area contributed by atoms with Gasteiger partial charge in [0, 0.05) is 23.5 Å². The average molecular weight is 391 g/mol. The van der Waals surface area contributed by atoms with Gasteiger partial charge in [-0.15, -0.1) is 0 Å². The summed E-state index contributed by atoms with van der Waals surface area (Å²) in [6, 6.07) is 2.63. The summed E-state index contributed by atoms with van der Waals surface area (Å²) < 4.78 is 5.83. The summed E-state index contributed by atoms with van der Waals surface area (Å²) in [5.74, 6) is 0. The zero-order valence-corrected chi connectivity index (χ0v) is 16.7. The van der Waals surface area contributed by atoms with Crippen molar-refractivity contribution in [2.75, 3.05) is 0 Å². The second kappa shape index (κ2) is 7.11. The SMILES string of the molecule is CCC(CC)n1cc(-c2nc(-c3cnn([C@H]4C[C@@H](O)C4)c3)cn3nccc23)cn1. The van der Waals surface area contributed by atoms with Gasteiger partial charge in [0.05, 0.1) is 59.9 Å². The van der Waals surface area contributed by atoms with E-state index in [-0.39, 0.29) is 12.1 Å². The largest absolute Gasteiger partial charge is 0.393 e. The van der Waals surface area contributed by atoms with Crippen molar-refractivity contribution in [1.82, 2.24) is 34.2 Å². The summed E-state index contributed by atoms with van der Waals surface area (Å²) in [6.07, 6.45) is 14.9. The predicted molar refractivity (Wildman–Crippen MR) is 109 cm³/mol. The predicted octanol–water partition coefficient (Wildman–Crippen LogP) is 3.51. The van der Waals surface area contributed by atoms with Crippen LogP contribution in [0.2, 0.25) is 0 Å². The molecule has 1 N–H and O–H groups in total. The van der Waals surface area contributed by atoms with E-state index in [4.69, 9.17) is 4.98 Å². The maximum absolute atomic E-state index is 9.56. The normalized spacial score (nSPS) is 19.2. The topological polar surface area (TPSA) is 86.1 Å². The van der Waals surface area contributed by atoms with Gasteiger partial charge in [-0.2, -0.15) is 15.3 Å². The Kier molecular flexibility index (Phi) is 4.43. The number of aromatic nitrogens is 7. The number of hydrogen-bond donors (Lipinski definition) is 1. The van der Waals surface area contributed by atoms with Crippen LogP contribution in [0, 0.1) is 0 Å². The Labute approximate surface area is 168 Å². The van der Waals surface area contributed by atoms with Gasteiger partial charge in [-0.25, -0.2) is 9.50 Å². The summed E-state index contributed by atoms with van der Waals surface area (Å²) >= 11 is 0. The highest BCUT2D eigenvalue weighted by Gasteiger charge is 2.29. The van der Waals surface area contributed by atoms with Crippen LogP contribution in [0.15, 0.2) is 43.2 Å². The molecule has 0 unspecified atom stereocenters. The number of rotatable bonds is 6. The van der Waals surface area contributed by atoms with Crippen LogP contribution in [-0.4, -0.2) is 45.4 Å². The van der Waals surface area contributed by atoms with Crippen molar-refractivity contribution < 1.29 is 5.11 Å². The highest BCUT2D eigenvalue weighted by Crippen LogP contribution is 2.33. The van der Waals surface area contributed by atoms with E-state index in [0.29, 0.717) is 6.04 Å². The monoisotopic (exact) mass is 391 g/mol. The Bertz CT molecular complexity index is 1130. The Morgan fingerprint density at radius 3 is 2.59 bits per heavy atom. The van der Waals surface area contributed by atoms with Crippen LogP contribution >= 0.6 is 0 Å². The molecule has 0 radical (unpaired) electrons. The summed E-state index contributed by atoms with van der Waals surface area (Å²) in [6.45, 7) is 4.37. The third-order valence-corrected chi connectivity index (χ3v) is 5.94. The maximum atomic E-state index is 9.56. The minimum atomic E-state index is -0.204. The maximum Gasteiger partial charge on any atom is 0.0999 e. The Morgan fingerprint density at radius 1 is 1.03 bits per heavy atom. The molecule has 0 spiro atoms.